The first-order chi connectivity index (χ1) is 10.2. The van der Waals surface area contributed by atoms with Crippen molar-refractivity contribution in [2.75, 3.05) is 19.0 Å². The van der Waals surface area contributed by atoms with Crippen LogP contribution >= 0.6 is 11.6 Å². The van der Waals surface area contributed by atoms with Crippen molar-refractivity contribution >= 4 is 17.3 Å². The Bertz CT molecular complexity index is 500. The number of rotatable bonds is 5. The van der Waals surface area contributed by atoms with E-state index >= 15 is 0 Å². The number of halogens is 1. The van der Waals surface area contributed by atoms with E-state index in [1.807, 2.05) is 18.2 Å². The lowest BCUT2D eigenvalue weighted by atomic mass is 9.60. The van der Waals surface area contributed by atoms with Gasteiger partial charge in [0.2, 0.25) is 0 Å². The Labute approximate surface area is 132 Å². The van der Waals surface area contributed by atoms with E-state index in [1.165, 1.54) is 25.7 Å². The van der Waals surface area contributed by atoms with E-state index < -0.39 is 0 Å². The zero-order chi connectivity index (χ0) is 14.9. The smallest absolute Gasteiger partial charge is 0.139 e. The van der Waals surface area contributed by atoms with Gasteiger partial charge in [0, 0.05) is 29.8 Å². The average Bonchev–Trinajstić information content (AvgIpc) is 3.00. The van der Waals surface area contributed by atoms with Crippen LogP contribution in [-0.2, 0) is 4.74 Å². The normalized spacial score (nSPS) is 26.6. The van der Waals surface area contributed by atoms with Gasteiger partial charge in [-0.15, -0.1) is 0 Å². The summed E-state index contributed by atoms with van der Waals surface area (Å²) >= 11 is 6.09. The summed E-state index contributed by atoms with van der Waals surface area (Å²) in [5.41, 5.74) is 1.42. The molecule has 0 heterocycles. The number of nitrogens with one attached hydrogen (secondary N) is 1. The van der Waals surface area contributed by atoms with Crippen LogP contribution in [0, 0.1) is 5.41 Å². The number of methoxy groups -OCH3 is 1. The fraction of sp³-hybridized carbons (Fsp3) is 0.647. The maximum atomic E-state index is 6.09. The molecule has 0 amide bonds. The van der Waals surface area contributed by atoms with Gasteiger partial charge in [-0.3, -0.25) is 0 Å². The Morgan fingerprint density at radius 1 is 1.33 bits per heavy atom. The van der Waals surface area contributed by atoms with Gasteiger partial charge in [0.1, 0.15) is 5.75 Å². The zero-order valence-corrected chi connectivity index (χ0v) is 13.6. The molecule has 2 fully saturated rings. The van der Waals surface area contributed by atoms with E-state index in [0.717, 1.165) is 24.5 Å². The minimum absolute atomic E-state index is 0.336. The molecule has 2 aliphatic rings. The second kappa shape index (κ2) is 6.05. The minimum atomic E-state index is 0.336. The first-order valence-electron chi connectivity index (χ1n) is 7.91. The fourth-order valence-electron chi connectivity index (χ4n) is 4.04. The molecule has 1 N–H and O–H groups in total. The topological polar surface area (TPSA) is 30.5 Å². The third-order valence-corrected chi connectivity index (χ3v) is 5.49. The SMILES string of the molecule is CCOC1CC(Nc2ccc(Cl)c(OC)c2)C12CCCC2. The van der Waals surface area contributed by atoms with E-state index in [2.05, 4.69) is 12.2 Å². The van der Waals surface area contributed by atoms with Gasteiger partial charge in [-0.05, 0) is 38.3 Å². The first kappa shape index (κ1) is 15.0. The Balaban J connectivity index is 1.73. The summed E-state index contributed by atoms with van der Waals surface area (Å²) in [5, 5.41) is 4.34. The van der Waals surface area contributed by atoms with Crippen molar-refractivity contribution in [3.63, 3.8) is 0 Å². The molecule has 3 rings (SSSR count). The zero-order valence-electron chi connectivity index (χ0n) is 12.8. The van der Waals surface area contributed by atoms with Crippen LogP contribution in [0.25, 0.3) is 0 Å². The summed E-state index contributed by atoms with van der Waals surface area (Å²) in [5.74, 6) is 0.725. The first-order valence-corrected chi connectivity index (χ1v) is 8.29. The van der Waals surface area contributed by atoms with E-state index in [4.69, 9.17) is 21.1 Å². The highest BCUT2D eigenvalue weighted by Crippen LogP contribution is 2.55. The molecule has 2 atom stereocenters. The van der Waals surface area contributed by atoms with Gasteiger partial charge in [0.15, 0.2) is 0 Å². The summed E-state index contributed by atoms with van der Waals surface area (Å²) in [6, 6.07) is 6.41. The van der Waals surface area contributed by atoms with Gasteiger partial charge in [-0.25, -0.2) is 0 Å². The molecule has 21 heavy (non-hydrogen) atoms. The number of hydrogen-bond acceptors (Lipinski definition) is 3. The monoisotopic (exact) mass is 309 g/mol. The van der Waals surface area contributed by atoms with Crippen LogP contribution in [0.3, 0.4) is 0 Å². The van der Waals surface area contributed by atoms with Gasteiger partial charge in [-0.2, -0.15) is 0 Å². The van der Waals surface area contributed by atoms with Crippen molar-refractivity contribution in [2.45, 2.75) is 51.2 Å². The van der Waals surface area contributed by atoms with Crippen molar-refractivity contribution in [3.8, 4) is 5.75 Å². The van der Waals surface area contributed by atoms with Crippen LogP contribution in [0.4, 0.5) is 5.69 Å². The minimum Gasteiger partial charge on any atom is -0.495 e. The Morgan fingerprint density at radius 3 is 2.76 bits per heavy atom. The third-order valence-electron chi connectivity index (χ3n) is 5.18. The second-order valence-electron chi connectivity index (χ2n) is 6.17. The molecule has 1 spiro atoms. The van der Waals surface area contributed by atoms with Crippen LogP contribution in [0.1, 0.15) is 39.0 Å². The summed E-state index contributed by atoms with van der Waals surface area (Å²) in [4.78, 5) is 0. The number of anilines is 1. The lowest BCUT2D eigenvalue weighted by molar-refractivity contribution is -0.114. The highest BCUT2D eigenvalue weighted by molar-refractivity contribution is 6.32. The largest absolute Gasteiger partial charge is 0.495 e. The van der Waals surface area contributed by atoms with E-state index in [1.54, 1.807) is 7.11 Å². The summed E-state index contributed by atoms with van der Waals surface area (Å²) in [7, 11) is 1.65. The molecule has 0 bridgehead atoms. The van der Waals surface area contributed by atoms with Crippen molar-refractivity contribution in [2.24, 2.45) is 5.41 Å². The van der Waals surface area contributed by atoms with E-state index in [9.17, 15) is 0 Å². The van der Waals surface area contributed by atoms with Gasteiger partial charge in [0.25, 0.3) is 0 Å². The van der Waals surface area contributed by atoms with E-state index in [0.29, 0.717) is 22.6 Å². The van der Waals surface area contributed by atoms with Crippen molar-refractivity contribution < 1.29 is 9.47 Å². The maximum absolute atomic E-state index is 6.09. The highest BCUT2D eigenvalue weighted by Gasteiger charge is 2.56. The lowest BCUT2D eigenvalue weighted by Gasteiger charge is -2.54. The number of benzene rings is 1. The Morgan fingerprint density at radius 2 is 2.10 bits per heavy atom. The Kier molecular flexibility index (Phi) is 4.32. The van der Waals surface area contributed by atoms with Gasteiger partial charge >= 0.3 is 0 Å². The van der Waals surface area contributed by atoms with Gasteiger partial charge in [0.05, 0.1) is 18.2 Å². The molecule has 3 nitrogen and oxygen atoms in total. The van der Waals surface area contributed by atoms with Crippen molar-refractivity contribution in [1.82, 2.24) is 0 Å². The summed E-state index contributed by atoms with van der Waals surface area (Å²) in [6.07, 6.45) is 6.73. The molecular formula is C17H24ClNO2. The molecule has 0 saturated heterocycles. The summed E-state index contributed by atoms with van der Waals surface area (Å²) in [6.45, 7) is 2.90. The standard InChI is InChI=1S/C17H24ClNO2/c1-3-21-16-11-15(17(16)8-4-5-9-17)19-12-6-7-13(18)14(10-12)20-2/h6-7,10,15-16,19H,3-5,8-9,11H2,1-2H3. The number of ether oxygens (including phenoxy) is 2. The molecule has 116 valence electrons. The van der Waals surface area contributed by atoms with Crippen LogP contribution in [0.5, 0.6) is 5.75 Å². The predicted molar refractivity (Wildman–Crippen MR) is 86.3 cm³/mol. The van der Waals surface area contributed by atoms with Crippen LogP contribution < -0.4 is 10.1 Å². The quantitative estimate of drug-likeness (QED) is 0.868. The Hall–Kier alpha value is -0.930. The van der Waals surface area contributed by atoms with E-state index in [-0.39, 0.29) is 0 Å². The fourth-order valence-corrected chi connectivity index (χ4v) is 4.23. The molecule has 2 aliphatic carbocycles. The van der Waals surface area contributed by atoms with Crippen LogP contribution in [-0.4, -0.2) is 25.9 Å². The van der Waals surface area contributed by atoms with Gasteiger partial charge in [-0.1, -0.05) is 24.4 Å². The molecule has 1 aromatic rings. The molecule has 1 aromatic carbocycles. The van der Waals surface area contributed by atoms with Crippen molar-refractivity contribution in [1.29, 1.82) is 0 Å². The van der Waals surface area contributed by atoms with Crippen molar-refractivity contribution in [3.05, 3.63) is 23.2 Å². The molecule has 0 aliphatic heterocycles. The second-order valence-corrected chi connectivity index (χ2v) is 6.57. The summed E-state index contributed by atoms with van der Waals surface area (Å²) < 4.78 is 11.3. The number of hydrogen-bond donors (Lipinski definition) is 1. The van der Waals surface area contributed by atoms with Gasteiger partial charge < -0.3 is 14.8 Å². The molecule has 0 radical (unpaired) electrons. The van der Waals surface area contributed by atoms with Crippen LogP contribution in [0.15, 0.2) is 18.2 Å². The average molecular weight is 310 g/mol. The maximum Gasteiger partial charge on any atom is 0.139 e. The molecular weight excluding hydrogens is 286 g/mol. The molecule has 2 unspecified atom stereocenters. The van der Waals surface area contributed by atoms with Crippen LogP contribution in [0.2, 0.25) is 5.02 Å². The lowest BCUT2D eigenvalue weighted by Crippen LogP contribution is -2.60. The molecule has 0 aromatic heterocycles. The predicted octanol–water partition coefficient (Wildman–Crippen LogP) is 4.50. The third kappa shape index (κ3) is 2.62. The molecule has 2 saturated carbocycles. The highest BCUT2D eigenvalue weighted by atomic mass is 35.5. The molecule has 4 heteroatoms.